The molecule has 1 aromatic carbocycles. The zero-order chi connectivity index (χ0) is 15.4. The standard InChI is InChI=1S/C17H24N2O3/c1-21-16-4-2-3-15(12-16)18-6-8-19(9-7-18)17(20)11-14-5-10-22-13-14/h2-4,12,14H,5-11,13H2,1H3/t14-/m1/s1. The fourth-order valence-corrected chi connectivity index (χ4v) is 3.14. The van der Waals surface area contributed by atoms with Crippen molar-refractivity contribution in [1.29, 1.82) is 0 Å². The third-order valence-corrected chi connectivity index (χ3v) is 4.54. The van der Waals surface area contributed by atoms with E-state index in [0.717, 1.165) is 57.3 Å². The van der Waals surface area contributed by atoms with E-state index < -0.39 is 0 Å². The molecule has 1 amide bonds. The third kappa shape index (κ3) is 3.53. The van der Waals surface area contributed by atoms with Crippen molar-refractivity contribution in [3.05, 3.63) is 24.3 Å². The molecule has 0 unspecified atom stereocenters. The number of nitrogens with zero attached hydrogens (tertiary/aromatic N) is 2. The van der Waals surface area contributed by atoms with Crippen LogP contribution in [0.2, 0.25) is 0 Å². The Morgan fingerprint density at radius 1 is 1.32 bits per heavy atom. The number of ether oxygens (including phenoxy) is 2. The van der Waals surface area contributed by atoms with E-state index in [-0.39, 0.29) is 5.91 Å². The first kappa shape index (κ1) is 15.2. The van der Waals surface area contributed by atoms with Gasteiger partial charge in [0.1, 0.15) is 5.75 Å². The zero-order valence-corrected chi connectivity index (χ0v) is 13.2. The van der Waals surface area contributed by atoms with Gasteiger partial charge in [0.15, 0.2) is 0 Å². The van der Waals surface area contributed by atoms with Crippen molar-refractivity contribution < 1.29 is 14.3 Å². The molecule has 2 heterocycles. The molecule has 2 aliphatic rings. The van der Waals surface area contributed by atoms with Crippen molar-refractivity contribution >= 4 is 11.6 Å². The maximum atomic E-state index is 12.3. The number of anilines is 1. The van der Waals surface area contributed by atoms with Crippen LogP contribution in [0.5, 0.6) is 5.75 Å². The molecule has 5 heteroatoms. The second-order valence-corrected chi connectivity index (χ2v) is 6.00. The Bertz CT molecular complexity index is 506. The molecule has 120 valence electrons. The van der Waals surface area contributed by atoms with Gasteiger partial charge in [-0.25, -0.2) is 0 Å². The summed E-state index contributed by atoms with van der Waals surface area (Å²) in [7, 11) is 1.68. The number of hydrogen-bond donors (Lipinski definition) is 0. The fourth-order valence-electron chi connectivity index (χ4n) is 3.14. The summed E-state index contributed by atoms with van der Waals surface area (Å²) in [4.78, 5) is 16.6. The highest BCUT2D eigenvalue weighted by molar-refractivity contribution is 5.76. The van der Waals surface area contributed by atoms with Gasteiger partial charge in [-0.1, -0.05) is 6.07 Å². The quantitative estimate of drug-likeness (QED) is 0.850. The SMILES string of the molecule is COc1cccc(N2CCN(C(=O)C[C@H]3CCOC3)CC2)c1. The van der Waals surface area contributed by atoms with Crippen LogP contribution in [-0.2, 0) is 9.53 Å². The summed E-state index contributed by atoms with van der Waals surface area (Å²) < 4.78 is 10.6. The van der Waals surface area contributed by atoms with Crippen molar-refractivity contribution in [2.45, 2.75) is 12.8 Å². The van der Waals surface area contributed by atoms with Gasteiger partial charge in [-0.3, -0.25) is 4.79 Å². The van der Waals surface area contributed by atoms with E-state index in [9.17, 15) is 4.79 Å². The lowest BCUT2D eigenvalue weighted by molar-refractivity contribution is -0.132. The molecule has 1 aromatic rings. The highest BCUT2D eigenvalue weighted by Gasteiger charge is 2.25. The molecule has 22 heavy (non-hydrogen) atoms. The molecule has 3 rings (SSSR count). The molecule has 0 bridgehead atoms. The third-order valence-electron chi connectivity index (χ3n) is 4.54. The summed E-state index contributed by atoms with van der Waals surface area (Å²) in [5.74, 6) is 1.57. The Morgan fingerprint density at radius 3 is 2.82 bits per heavy atom. The van der Waals surface area contributed by atoms with Crippen LogP contribution >= 0.6 is 0 Å². The van der Waals surface area contributed by atoms with Gasteiger partial charge in [-0.05, 0) is 24.5 Å². The molecule has 2 saturated heterocycles. The zero-order valence-electron chi connectivity index (χ0n) is 13.2. The summed E-state index contributed by atoms with van der Waals surface area (Å²) >= 11 is 0. The van der Waals surface area contributed by atoms with Gasteiger partial charge in [0.2, 0.25) is 5.91 Å². The van der Waals surface area contributed by atoms with Crippen molar-refractivity contribution in [3.8, 4) is 5.75 Å². The van der Waals surface area contributed by atoms with E-state index in [1.54, 1.807) is 7.11 Å². The number of amides is 1. The Kier molecular flexibility index (Phi) is 4.83. The fraction of sp³-hybridized carbons (Fsp3) is 0.588. The minimum atomic E-state index is 0.279. The lowest BCUT2D eigenvalue weighted by atomic mass is 10.0. The van der Waals surface area contributed by atoms with Gasteiger partial charge < -0.3 is 19.3 Å². The topological polar surface area (TPSA) is 42.0 Å². The van der Waals surface area contributed by atoms with Gasteiger partial charge in [-0.2, -0.15) is 0 Å². The van der Waals surface area contributed by atoms with E-state index in [2.05, 4.69) is 11.0 Å². The summed E-state index contributed by atoms with van der Waals surface area (Å²) in [6, 6.07) is 8.10. The molecule has 2 fully saturated rings. The number of piperazine rings is 1. The van der Waals surface area contributed by atoms with Crippen LogP contribution < -0.4 is 9.64 Å². The average molecular weight is 304 g/mol. The number of carbonyl (C=O) groups excluding carboxylic acids is 1. The lowest BCUT2D eigenvalue weighted by Crippen LogP contribution is -2.49. The summed E-state index contributed by atoms with van der Waals surface area (Å²) in [6.07, 6.45) is 1.66. The first-order chi connectivity index (χ1) is 10.8. The predicted octanol–water partition coefficient (Wildman–Crippen LogP) is 1.77. The molecule has 1 atom stereocenters. The first-order valence-electron chi connectivity index (χ1n) is 8.01. The number of methoxy groups -OCH3 is 1. The van der Waals surface area contributed by atoms with E-state index in [1.807, 2.05) is 23.1 Å². The monoisotopic (exact) mass is 304 g/mol. The normalized spacial score (nSPS) is 22.0. The van der Waals surface area contributed by atoms with Crippen molar-refractivity contribution in [1.82, 2.24) is 4.90 Å². The molecule has 0 saturated carbocycles. The van der Waals surface area contributed by atoms with Gasteiger partial charge in [0, 0.05) is 57.6 Å². The maximum absolute atomic E-state index is 12.3. The van der Waals surface area contributed by atoms with Crippen LogP contribution in [0.1, 0.15) is 12.8 Å². The minimum absolute atomic E-state index is 0.279. The second kappa shape index (κ2) is 7.01. The smallest absolute Gasteiger partial charge is 0.223 e. The summed E-state index contributed by atoms with van der Waals surface area (Å²) in [6.45, 7) is 4.89. The molecule has 5 nitrogen and oxygen atoms in total. The molecular weight excluding hydrogens is 280 g/mol. The predicted molar refractivity (Wildman–Crippen MR) is 85.3 cm³/mol. The molecule has 2 aliphatic heterocycles. The van der Waals surface area contributed by atoms with E-state index in [1.165, 1.54) is 0 Å². The average Bonchev–Trinajstić information content (AvgIpc) is 3.08. The van der Waals surface area contributed by atoms with Crippen molar-refractivity contribution in [2.24, 2.45) is 5.92 Å². The van der Waals surface area contributed by atoms with Crippen LogP contribution in [0.15, 0.2) is 24.3 Å². The Labute approximate surface area is 131 Å². The molecule has 0 aromatic heterocycles. The first-order valence-corrected chi connectivity index (χ1v) is 8.01. The Hall–Kier alpha value is -1.75. The minimum Gasteiger partial charge on any atom is -0.497 e. The van der Waals surface area contributed by atoms with Crippen LogP contribution in [0, 0.1) is 5.92 Å². The molecule has 0 aliphatic carbocycles. The van der Waals surface area contributed by atoms with E-state index >= 15 is 0 Å². The number of carbonyl (C=O) groups is 1. The van der Waals surface area contributed by atoms with Gasteiger partial charge in [0.05, 0.1) is 7.11 Å². The Balaban J connectivity index is 1.52. The van der Waals surface area contributed by atoms with Gasteiger partial charge in [0.25, 0.3) is 0 Å². The van der Waals surface area contributed by atoms with Crippen molar-refractivity contribution in [2.75, 3.05) is 51.4 Å². The molecule has 0 spiro atoms. The molecule has 0 N–H and O–H groups in total. The molecule has 0 radical (unpaired) electrons. The van der Waals surface area contributed by atoms with Crippen LogP contribution in [0.3, 0.4) is 0 Å². The Morgan fingerprint density at radius 2 is 2.14 bits per heavy atom. The number of benzene rings is 1. The highest BCUT2D eigenvalue weighted by Crippen LogP contribution is 2.23. The van der Waals surface area contributed by atoms with Crippen LogP contribution in [0.25, 0.3) is 0 Å². The second-order valence-electron chi connectivity index (χ2n) is 6.00. The highest BCUT2D eigenvalue weighted by atomic mass is 16.5. The van der Waals surface area contributed by atoms with Gasteiger partial charge >= 0.3 is 0 Å². The maximum Gasteiger partial charge on any atom is 0.223 e. The van der Waals surface area contributed by atoms with Crippen molar-refractivity contribution in [3.63, 3.8) is 0 Å². The molecular formula is C17H24N2O3. The van der Waals surface area contributed by atoms with E-state index in [0.29, 0.717) is 12.3 Å². The lowest BCUT2D eigenvalue weighted by Gasteiger charge is -2.36. The van der Waals surface area contributed by atoms with E-state index in [4.69, 9.17) is 9.47 Å². The number of hydrogen-bond acceptors (Lipinski definition) is 4. The summed E-state index contributed by atoms with van der Waals surface area (Å²) in [5.41, 5.74) is 1.16. The van der Waals surface area contributed by atoms with Gasteiger partial charge in [-0.15, -0.1) is 0 Å². The van der Waals surface area contributed by atoms with Crippen LogP contribution in [0.4, 0.5) is 5.69 Å². The summed E-state index contributed by atoms with van der Waals surface area (Å²) in [5, 5.41) is 0. The largest absolute Gasteiger partial charge is 0.497 e. The van der Waals surface area contributed by atoms with Crippen LogP contribution in [-0.4, -0.2) is 57.3 Å². The number of rotatable bonds is 4.